The summed E-state index contributed by atoms with van der Waals surface area (Å²) >= 11 is 0. The molecule has 4 heterocycles. The molecule has 0 atom stereocenters. The number of carbonyl (C=O) groups is 2. The topological polar surface area (TPSA) is 99.7 Å². The van der Waals surface area contributed by atoms with Gasteiger partial charge in [-0.05, 0) is 44.6 Å². The summed E-state index contributed by atoms with van der Waals surface area (Å²) in [4.78, 5) is 44.3. The van der Waals surface area contributed by atoms with Gasteiger partial charge in [0, 0.05) is 51.9 Å². The number of halogens is 1. The van der Waals surface area contributed by atoms with Crippen LogP contribution in [-0.2, 0) is 9.53 Å². The Morgan fingerprint density at radius 3 is 2.56 bits per heavy atom. The molecule has 2 amide bonds. The predicted octanol–water partition coefficient (Wildman–Crippen LogP) is 1.64. The normalized spacial score (nSPS) is 21.4. The molecule has 0 aliphatic carbocycles. The van der Waals surface area contributed by atoms with Crippen molar-refractivity contribution >= 4 is 22.8 Å². The number of amides is 2. The average Bonchev–Trinajstić information content (AvgIpc) is 3.42. The Morgan fingerprint density at radius 1 is 1.18 bits per heavy atom. The van der Waals surface area contributed by atoms with Gasteiger partial charge in [-0.1, -0.05) is 0 Å². The highest BCUT2D eigenvalue weighted by Crippen LogP contribution is 2.35. The number of aromatic amines is 1. The molecule has 3 aliphatic heterocycles. The van der Waals surface area contributed by atoms with Gasteiger partial charge in [-0.25, -0.2) is 9.18 Å². The number of nitrogens with zero attached hydrogens (tertiary/aromatic N) is 3. The molecule has 2 aromatic rings. The van der Waals surface area contributed by atoms with E-state index >= 15 is 0 Å². The Hall–Kier alpha value is -2.72. The molecule has 0 radical (unpaired) electrons. The molecule has 1 aromatic carbocycles. The molecule has 0 unspecified atom stereocenters. The molecule has 3 aliphatic rings. The van der Waals surface area contributed by atoms with Gasteiger partial charge in [-0.15, -0.1) is 0 Å². The van der Waals surface area contributed by atoms with Crippen molar-refractivity contribution in [1.82, 2.24) is 24.7 Å². The van der Waals surface area contributed by atoms with E-state index in [-0.39, 0.29) is 28.8 Å². The van der Waals surface area contributed by atoms with E-state index in [1.165, 1.54) is 19.2 Å². The first-order valence-electron chi connectivity index (χ1n) is 12.2. The van der Waals surface area contributed by atoms with Crippen molar-refractivity contribution in [2.24, 2.45) is 0 Å². The van der Waals surface area contributed by atoms with Crippen LogP contribution in [0.1, 0.15) is 54.9 Å². The number of nitrogens with one attached hydrogen (secondary N) is 2. The summed E-state index contributed by atoms with van der Waals surface area (Å²) in [6, 6.07) is 2.55. The van der Waals surface area contributed by atoms with E-state index in [4.69, 9.17) is 4.74 Å². The second-order valence-corrected chi connectivity index (χ2v) is 9.75. The van der Waals surface area contributed by atoms with Crippen LogP contribution >= 0.6 is 0 Å². The maximum Gasteiger partial charge on any atom is 0.326 e. The second kappa shape index (κ2) is 9.14. The zero-order chi connectivity index (χ0) is 23.9. The molecule has 0 bridgehead atoms. The molecule has 1 aromatic heterocycles. The van der Waals surface area contributed by atoms with Gasteiger partial charge in [-0.2, -0.15) is 0 Å². The second-order valence-electron chi connectivity index (χ2n) is 9.75. The number of aromatic nitrogens is 2. The third-order valence-electron chi connectivity index (χ3n) is 7.77. The number of H-pyrrole nitrogens is 1. The molecule has 3 fully saturated rings. The summed E-state index contributed by atoms with van der Waals surface area (Å²) in [7, 11) is 1.43. The molecular formula is C24H32FN5O4. The number of carbonyl (C=O) groups excluding carboxylic acids is 2. The molecule has 5 rings (SSSR count). The van der Waals surface area contributed by atoms with Gasteiger partial charge in [0.2, 0.25) is 5.91 Å². The van der Waals surface area contributed by atoms with Gasteiger partial charge in [-0.3, -0.25) is 19.1 Å². The maximum absolute atomic E-state index is 14.5. The van der Waals surface area contributed by atoms with Crippen LogP contribution in [0, 0.1) is 5.82 Å². The maximum atomic E-state index is 14.5. The molecule has 0 saturated carbocycles. The number of rotatable bonds is 4. The lowest BCUT2D eigenvalue weighted by atomic mass is 9.88. The van der Waals surface area contributed by atoms with Gasteiger partial charge in [0.15, 0.2) is 0 Å². The summed E-state index contributed by atoms with van der Waals surface area (Å²) in [6.07, 6.45) is 5.44. The smallest absolute Gasteiger partial charge is 0.326 e. The van der Waals surface area contributed by atoms with E-state index in [1.54, 1.807) is 4.57 Å². The van der Waals surface area contributed by atoms with Crippen molar-refractivity contribution in [3.05, 3.63) is 34.0 Å². The fraction of sp³-hybridized carbons (Fsp3) is 0.625. The van der Waals surface area contributed by atoms with Crippen LogP contribution in [0.15, 0.2) is 16.9 Å². The minimum absolute atomic E-state index is 0.00228. The first-order valence-corrected chi connectivity index (χ1v) is 12.2. The number of hydrogen-bond acceptors (Lipinski definition) is 5. The number of likely N-dealkylation sites (tertiary alicyclic amines) is 2. The van der Waals surface area contributed by atoms with Gasteiger partial charge >= 0.3 is 5.69 Å². The van der Waals surface area contributed by atoms with Crippen molar-refractivity contribution in [2.45, 2.75) is 50.2 Å². The lowest BCUT2D eigenvalue weighted by molar-refractivity contribution is -0.137. The van der Waals surface area contributed by atoms with Crippen molar-refractivity contribution in [2.75, 3.05) is 46.4 Å². The SMILES string of the molecule is CNC(=O)c1cc2[nH]c(=O)n(C3CCN(CC(=O)N4CCC5(CCCO5)CC4)CC3)c2cc1F. The zero-order valence-electron chi connectivity index (χ0n) is 19.6. The van der Waals surface area contributed by atoms with E-state index in [9.17, 15) is 18.8 Å². The van der Waals surface area contributed by atoms with E-state index in [0.29, 0.717) is 43.5 Å². The Bertz CT molecular complexity index is 1130. The van der Waals surface area contributed by atoms with Crippen molar-refractivity contribution in [3.8, 4) is 0 Å². The molecular weight excluding hydrogens is 441 g/mol. The highest BCUT2D eigenvalue weighted by Gasteiger charge is 2.39. The highest BCUT2D eigenvalue weighted by molar-refractivity contribution is 5.97. The molecule has 10 heteroatoms. The van der Waals surface area contributed by atoms with E-state index in [1.807, 2.05) is 4.90 Å². The largest absolute Gasteiger partial charge is 0.375 e. The summed E-state index contributed by atoms with van der Waals surface area (Å²) in [5.74, 6) is -1.04. The molecule has 184 valence electrons. The third kappa shape index (κ3) is 4.24. The van der Waals surface area contributed by atoms with Crippen molar-refractivity contribution in [3.63, 3.8) is 0 Å². The predicted molar refractivity (Wildman–Crippen MR) is 124 cm³/mol. The van der Waals surface area contributed by atoms with Crippen molar-refractivity contribution in [1.29, 1.82) is 0 Å². The average molecular weight is 474 g/mol. The number of hydrogen-bond donors (Lipinski definition) is 2. The highest BCUT2D eigenvalue weighted by atomic mass is 19.1. The van der Waals surface area contributed by atoms with Crippen LogP contribution in [0.2, 0.25) is 0 Å². The molecule has 34 heavy (non-hydrogen) atoms. The van der Waals surface area contributed by atoms with Crippen molar-refractivity contribution < 1.29 is 18.7 Å². The lowest BCUT2D eigenvalue weighted by Gasteiger charge is -2.40. The first kappa shape index (κ1) is 23.0. The lowest BCUT2D eigenvalue weighted by Crippen LogP contribution is -2.50. The minimum Gasteiger partial charge on any atom is -0.375 e. The van der Waals surface area contributed by atoms with E-state index in [2.05, 4.69) is 15.2 Å². The summed E-state index contributed by atoms with van der Waals surface area (Å²) < 4.78 is 22.1. The van der Waals surface area contributed by atoms with Crippen LogP contribution in [0.3, 0.4) is 0 Å². The van der Waals surface area contributed by atoms with Gasteiger partial charge in [0.25, 0.3) is 5.91 Å². The number of piperidine rings is 2. The Kier molecular flexibility index (Phi) is 6.20. The Morgan fingerprint density at radius 2 is 1.91 bits per heavy atom. The van der Waals surface area contributed by atoms with Crippen LogP contribution in [-0.4, -0.2) is 83.1 Å². The standard InChI is InChI=1S/C24H32FN5O4/c1-26-22(32)17-13-19-20(14-18(17)25)30(23(33)27-19)16-3-8-28(9-4-16)15-21(31)29-10-6-24(7-11-29)5-2-12-34-24/h13-14,16H,2-12,15H2,1H3,(H,26,32)(H,27,33). The number of benzene rings is 1. The number of ether oxygens (including phenoxy) is 1. The van der Waals surface area contributed by atoms with E-state index in [0.717, 1.165) is 45.4 Å². The number of imidazole rings is 1. The monoisotopic (exact) mass is 473 g/mol. The van der Waals surface area contributed by atoms with Crippen LogP contribution in [0.5, 0.6) is 0 Å². The van der Waals surface area contributed by atoms with Crippen LogP contribution in [0.25, 0.3) is 11.0 Å². The Balaban J connectivity index is 1.20. The van der Waals surface area contributed by atoms with Crippen LogP contribution in [0.4, 0.5) is 4.39 Å². The van der Waals surface area contributed by atoms with Gasteiger partial charge < -0.3 is 19.9 Å². The molecule has 1 spiro atoms. The summed E-state index contributed by atoms with van der Waals surface area (Å²) in [6.45, 7) is 4.11. The number of fused-ring (bicyclic) bond motifs is 1. The molecule has 3 saturated heterocycles. The van der Waals surface area contributed by atoms with Gasteiger partial charge in [0.05, 0.1) is 28.7 Å². The third-order valence-corrected chi connectivity index (χ3v) is 7.77. The fourth-order valence-corrected chi connectivity index (χ4v) is 5.76. The molecule has 2 N–H and O–H groups in total. The fourth-order valence-electron chi connectivity index (χ4n) is 5.76. The zero-order valence-corrected chi connectivity index (χ0v) is 19.6. The minimum atomic E-state index is -0.658. The van der Waals surface area contributed by atoms with Gasteiger partial charge in [0.1, 0.15) is 5.82 Å². The quantitative estimate of drug-likeness (QED) is 0.703. The summed E-state index contributed by atoms with van der Waals surface area (Å²) in [5.41, 5.74) is 0.495. The van der Waals surface area contributed by atoms with E-state index < -0.39 is 11.7 Å². The first-order chi connectivity index (χ1) is 16.4. The summed E-state index contributed by atoms with van der Waals surface area (Å²) in [5, 5.41) is 2.41. The molecule has 9 nitrogen and oxygen atoms in total. The Labute approximate surface area is 197 Å². The van der Waals surface area contributed by atoms with Crippen LogP contribution < -0.4 is 11.0 Å².